The average Bonchev–Trinajstić information content (AvgIpc) is 3.63. The molecule has 5 heterocycles. The number of hydrogen-bond donors (Lipinski definition) is 1. The van der Waals surface area contributed by atoms with Crippen molar-refractivity contribution in [1.82, 2.24) is 34.5 Å². The third kappa shape index (κ3) is 3.92. The Kier molecular flexibility index (Phi) is 5.46. The van der Waals surface area contributed by atoms with Crippen molar-refractivity contribution in [3.05, 3.63) is 55.2 Å². The Morgan fingerprint density at radius 1 is 1.06 bits per heavy atom. The van der Waals surface area contributed by atoms with Crippen LogP contribution in [-0.4, -0.2) is 58.8 Å². The molecule has 2 aliphatic rings. The summed E-state index contributed by atoms with van der Waals surface area (Å²) in [6.07, 6.45) is 7.85. The smallest absolute Gasteiger partial charge is 0.247 e. The predicted molar refractivity (Wildman–Crippen MR) is 129 cm³/mol. The molecule has 1 unspecified atom stereocenters. The molecule has 3 aromatic heterocycles. The summed E-state index contributed by atoms with van der Waals surface area (Å²) in [7, 11) is 0. The first kappa shape index (κ1) is 20.8. The second-order valence-corrected chi connectivity index (χ2v) is 9.34. The standard InChI is InChI=1S/C23H23N9OS/c33-22(26-17-6-2-1-5-16(17)18-13-30-11-12-34-23(30)27-18)19-7-3-4-10-31(19)20-8-9-21(29-28-20)32-15-24-14-25-32/h1-2,5-6,8-9,13-15,19H,3-4,7,10-12H2,(H,26,33). The van der Waals surface area contributed by atoms with Crippen molar-refractivity contribution in [2.75, 3.05) is 22.5 Å². The van der Waals surface area contributed by atoms with E-state index in [2.05, 4.69) is 36.4 Å². The summed E-state index contributed by atoms with van der Waals surface area (Å²) in [6, 6.07) is 11.2. The van der Waals surface area contributed by atoms with Gasteiger partial charge in [-0.1, -0.05) is 30.0 Å². The van der Waals surface area contributed by atoms with Crippen LogP contribution in [0, 0.1) is 0 Å². The maximum atomic E-state index is 13.5. The molecule has 4 aromatic rings. The number of nitrogens with zero attached hydrogens (tertiary/aromatic N) is 8. The van der Waals surface area contributed by atoms with Gasteiger partial charge in [-0.05, 0) is 37.5 Å². The number of carbonyl (C=O) groups is 1. The number of para-hydroxylation sites is 1. The summed E-state index contributed by atoms with van der Waals surface area (Å²) < 4.78 is 3.72. The van der Waals surface area contributed by atoms with Crippen molar-refractivity contribution in [1.29, 1.82) is 0 Å². The van der Waals surface area contributed by atoms with Gasteiger partial charge in [0.25, 0.3) is 0 Å². The number of nitrogens with one attached hydrogen (secondary N) is 1. The maximum Gasteiger partial charge on any atom is 0.247 e. The number of imidazole rings is 1. The Balaban J connectivity index is 1.23. The zero-order chi connectivity index (χ0) is 22.9. The van der Waals surface area contributed by atoms with Crippen LogP contribution in [-0.2, 0) is 11.3 Å². The Labute approximate surface area is 200 Å². The van der Waals surface area contributed by atoms with Gasteiger partial charge in [0.2, 0.25) is 5.91 Å². The first-order valence-corrected chi connectivity index (χ1v) is 12.3. The van der Waals surface area contributed by atoms with Crippen molar-refractivity contribution in [2.24, 2.45) is 0 Å². The number of hydrogen-bond acceptors (Lipinski definition) is 8. The highest BCUT2D eigenvalue weighted by Crippen LogP contribution is 2.33. The van der Waals surface area contributed by atoms with E-state index in [1.807, 2.05) is 41.3 Å². The minimum Gasteiger partial charge on any atom is -0.343 e. The number of amides is 1. The van der Waals surface area contributed by atoms with E-state index in [1.165, 1.54) is 6.33 Å². The number of aromatic nitrogens is 7. The lowest BCUT2D eigenvalue weighted by Gasteiger charge is -2.35. The van der Waals surface area contributed by atoms with Gasteiger partial charge in [0.1, 0.15) is 18.7 Å². The van der Waals surface area contributed by atoms with Crippen LogP contribution in [0.1, 0.15) is 19.3 Å². The summed E-state index contributed by atoms with van der Waals surface area (Å²) in [5.41, 5.74) is 2.58. The van der Waals surface area contributed by atoms with Gasteiger partial charge in [-0.2, -0.15) is 5.10 Å². The highest BCUT2D eigenvalue weighted by Gasteiger charge is 2.30. The van der Waals surface area contributed by atoms with Crippen LogP contribution < -0.4 is 10.2 Å². The lowest BCUT2D eigenvalue weighted by Crippen LogP contribution is -2.47. The summed E-state index contributed by atoms with van der Waals surface area (Å²) in [5.74, 6) is 2.27. The molecule has 1 saturated heterocycles. The summed E-state index contributed by atoms with van der Waals surface area (Å²) in [6.45, 7) is 1.72. The zero-order valence-corrected chi connectivity index (χ0v) is 19.2. The van der Waals surface area contributed by atoms with E-state index < -0.39 is 0 Å². The number of aryl methyl sites for hydroxylation is 1. The van der Waals surface area contributed by atoms with Crippen molar-refractivity contribution < 1.29 is 4.79 Å². The molecule has 0 bridgehead atoms. The van der Waals surface area contributed by atoms with Crippen LogP contribution >= 0.6 is 11.8 Å². The van der Waals surface area contributed by atoms with Gasteiger partial charge in [-0.15, -0.1) is 10.2 Å². The van der Waals surface area contributed by atoms with Crippen molar-refractivity contribution in [2.45, 2.75) is 37.0 Å². The number of fused-ring (bicyclic) bond motifs is 1. The second kappa shape index (κ2) is 8.90. The molecule has 34 heavy (non-hydrogen) atoms. The minimum atomic E-state index is -0.323. The monoisotopic (exact) mass is 473 g/mol. The van der Waals surface area contributed by atoms with Crippen molar-refractivity contribution >= 4 is 29.2 Å². The first-order valence-electron chi connectivity index (χ1n) is 11.3. The van der Waals surface area contributed by atoms with Gasteiger partial charge in [0.05, 0.1) is 11.4 Å². The number of carbonyl (C=O) groups excluding carboxylic acids is 1. The van der Waals surface area contributed by atoms with Crippen molar-refractivity contribution in [3.8, 4) is 17.1 Å². The van der Waals surface area contributed by atoms with Gasteiger partial charge in [-0.3, -0.25) is 4.79 Å². The molecule has 0 radical (unpaired) electrons. The molecule has 0 aliphatic carbocycles. The third-order valence-corrected chi connectivity index (χ3v) is 7.12. The highest BCUT2D eigenvalue weighted by molar-refractivity contribution is 7.99. The van der Waals surface area contributed by atoms with E-state index in [4.69, 9.17) is 4.98 Å². The number of piperidine rings is 1. The lowest BCUT2D eigenvalue weighted by atomic mass is 10.0. The third-order valence-electron chi connectivity index (χ3n) is 6.15. The molecule has 11 heteroatoms. The maximum absolute atomic E-state index is 13.5. The van der Waals surface area contributed by atoms with Crippen LogP contribution in [0.5, 0.6) is 0 Å². The van der Waals surface area contributed by atoms with Gasteiger partial charge >= 0.3 is 0 Å². The topological polar surface area (TPSA) is 107 Å². The van der Waals surface area contributed by atoms with Crippen LogP contribution in [0.3, 0.4) is 0 Å². The highest BCUT2D eigenvalue weighted by atomic mass is 32.2. The molecule has 0 spiro atoms. The second-order valence-electron chi connectivity index (χ2n) is 8.28. The summed E-state index contributed by atoms with van der Waals surface area (Å²) >= 11 is 1.76. The van der Waals surface area contributed by atoms with Crippen molar-refractivity contribution in [3.63, 3.8) is 0 Å². The molecular weight excluding hydrogens is 450 g/mol. The van der Waals surface area contributed by atoms with Crippen LogP contribution in [0.15, 0.2) is 60.4 Å². The molecular formula is C23H23N9OS. The fourth-order valence-corrected chi connectivity index (χ4v) is 5.41. The Morgan fingerprint density at radius 2 is 1.94 bits per heavy atom. The number of benzene rings is 1. The molecule has 1 atom stereocenters. The van der Waals surface area contributed by atoms with E-state index in [1.54, 1.807) is 22.8 Å². The first-order chi connectivity index (χ1) is 16.8. The van der Waals surface area contributed by atoms with Gasteiger partial charge in [0.15, 0.2) is 16.8 Å². The molecule has 10 nitrogen and oxygen atoms in total. The summed E-state index contributed by atoms with van der Waals surface area (Å²) in [4.78, 5) is 24.2. The zero-order valence-electron chi connectivity index (χ0n) is 18.4. The van der Waals surface area contributed by atoms with E-state index in [0.29, 0.717) is 11.6 Å². The summed E-state index contributed by atoms with van der Waals surface area (Å²) in [5, 5.41) is 16.9. The van der Waals surface area contributed by atoms with Gasteiger partial charge in [0, 0.05) is 30.6 Å². The predicted octanol–water partition coefficient (Wildman–Crippen LogP) is 3.02. The number of rotatable bonds is 5. The molecule has 1 aromatic carbocycles. The SMILES string of the molecule is O=C(Nc1ccccc1-c1cn2c(n1)SCC2)C1CCCCN1c1ccc(-n2cncn2)nn1. The molecule has 6 rings (SSSR count). The number of thioether (sulfide) groups is 1. The van der Waals surface area contributed by atoms with E-state index >= 15 is 0 Å². The van der Waals surface area contributed by atoms with Gasteiger partial charge in [-0.25, -0.2) is 14.6 Å². The Hall–Kier alpha value is -3.73. The fraction of sp³-hybridized carbons (Fsp3) is 0.304. The molecule has 1 amide bonds. The molecule has 172 valence electrons. The molecule has 1 N–H and O–H groups in total. The lowest BCUT2D eigenvalue weighted by molar-refractivity contribution is -0.117. The fourth-order valence-electron chi connectivity index (χ4n) is 4.47. The molecule has 2 aliphatic heterocycles. The van der Waals surface area contributed by atoms with Crippen LogP contribution in [0.2, 0.25) is 0 Å². The largest absolute Gasteiger partial charge is 0.343 e. The number of anilines is 2. The van der Waals surface area contributed by atoms with E-state index in [9.17, 15) is 4.79 Å². The normalized spacial score (nSPS) is 17.5. The molecule has 1 fully saturated rings. The minimum absolute atomic E-state index is 0.0459. The quantitative estimate of drug-likeness (QED) is 0.471. The van der Waals surface area contributed by atoms with Gasteiger partial charge < -0.3 is 14.8 Å². The average molecular weight is 474 g/mol. The van der Waals surface area contributed by atoms with E-state index in [0.717, 1.165) is 60.2 Å². The molecule has 0 saturated carbocycles. The van der Waals surface area contributed by atoms with Crippen LogP contribution in [0.4, 0.5) is 11.5 Å². The van der Waals surface area contributed by atoms with Crippen LogP contribution in [0.25, 0.3) is 17.1 Å². The Morgan fingerprint density at radius 3 is 2.76 bits per heavy atom. The van der Waals surface area contributed by atoms with E-state index in [-0.39, 0.29) is 11.9 Å². The Bertz CT molecular complexity index is 1280.